The summed E-state index contributed by atoms with van der Waals surface area (Å²) < 4.78 is 40.6. The highest BCUT2D eigenvalue weighted by Gasteiger charge is 2.31. The molecule has 0 spiro atoms. The Morgan fingerprint density at radius 2 is 1.80 bits per heavy atom. The zero-order valence-corrected chi connectivity index (χ0v) is 23.3. The Morgan fingerprint density at radius 3 is 2.52 bits per heavy atom. The number of thioether (sulfide) groups is 1. The third-order valence-corrected chi connectivity index (χ3v) is 7.90. The van der Waals surface area contributed by atoms with Crippen LogP contribution in [0.2, 0.25) is 5.02 Å². The van der Waals surface area contributed by atoms with Crippen molar-refractivity contribution in [1.82, 2.24) is 9.88 Å². The molecule has 0 bridgehead atoms. The summed E-state index contributed by atoms with van der Waals surface area (Å²) in [6, 6.07) is 17.3. The number of hydrogen-bond acceptors (Lipinski definition) is 5. The number of alkyl halides is 3. The van der Waals surface area contributed by atoms with Gasteiger partial charge in [0.2, 0.25) is 0 Å². The fraction of sp³-hybridized carbons (Fsp3) is 0.267. The molecule has 0 saturated heterocycles. The highest BCUT2D eigenvalue weighted by Crippen LogP contribution is 2.42. The summed E-state index contributed by atoms with van der Waals surface area (Å²) in [6.45, 7) is 1.58. The number of rotatable bonds is 11. The van der Waals surface area contributed by atoms with Crippen LogP contribution < -0.4 is 5.56 Å². The smallest absolute Gasteiger partial charge is 0.416 e. The van der Waals surface area contributed by atoms with Crippen molar-refractivity contribution in [3.8, 4) is 16.9 Å². The van der Waals surface area contributed by atoms with Gasteiger partial charge in [0.15, 0.2) is 0 Å². The summed E-state index contributed by atoms with van der Waals surface area (Å²) >= 11 is 7.08. The van der Waals surface area contributed by atoms with E-state index in [-0.39, 0.29) is 49.2 Å². The van der Waals surface area contributed by atoms with Gasteiger partial charge in [-0.3, -0.25) is 9.59 Å². The number of aromatic hydroxyl groups is 1. The highest BCUT2D eigenvalue weighted by molar-refractivity contribution is 8.00. The van der Waals surface area contributed by atoms with Crippen molar-refractivity contribution in [2.24, 2.45) is 0 Å². The predicted molar refractivity (Wildman–Crippen MR) is 154 cm³/mol. The minimum absolute atomic E-state index is 0.0396. The van der Waals surface area contributed by atoms with Crippen molar-refractivity contribution in [2.75, 3.05) is 25.9 Å². The van der Waals surface area contributed by atoms with E-state index in [2.05, 4.69) is 22.0 Å². The Hall–Kier alpha value is -3.27. The number of likely N-dealkylation sites (N-methyl/N-ethyl adjacent to an activating group) is 1. The van der Waals surface area contributed by atoms with E-state index in [1.54, 1.807) is 0 Å². The molecule has 5 nitrogen and oxygen atoms in total. The molecule has 0 radical (unpaired) electrons. The number of pyridine rings is 1. The number of phenolic OH excluding ortho intramolecular Hbond substituents is 1. The maximum absolute atomic E-state index is 13.5. The van der Waals surface area contributed by atoms with E-state index in [1.807, 2.05) is 25.2 Å². The van der Waals surface area contributed by atoms with Crippen LogP contribution in [-0.4, -0.2) is 46.7 Å². The number of phenols is 1. The van der Waals surface area contributed by atoms with Gasteiger partial charge in [-0.25, -0.2) is 0 Å². The van der Waals surface area contributed by atoms with Gasteiger partial charge < -0.3 is 15.0 Å². The van der Waals surface area contributed by atoms with E-state index in [0.29, 0.717) is 12.8 Å². The molecule has 0 aliphatic heterocycles. The van der Waals surface area contributed by atoms with Gasteiger partial charge in [0.25, 0.3) is 5.56 Å². The molecule has 40 heavy (non-hydrogen) atoms. The SMILES string of the molecule is CN(CCCC(=O)CSc1c(-c2cc(Cl)ccc2O)c2cc(C(F)(F)F)ccc2[nH]c1=O)CCc1ccccc1. The summed E-state index contributed by atoms with van der Waals surface area (Å²) in [6.07, 6.45) is -2.78. The lowest BCUT2D eigenvalue weighted by Crippen LogP contribution is -2.23. The summed E-state index contributed by atoms with van der Waals surface area (Å²) in [5.41, 5.74) is 0.146. The maximum atomic E-state index is 13.5. The Bertz CT molecular complexity index is 1560. The van der Waals surface area contributed by atoms with Gasteiger partial charge in [-0.1, -0.05) is 41.9 Å². The number of aromatic amines is 1. The number of carbonyl (C=O) groups is 1. The Labute approximate surface area is 239 Å². The second-order valence-corrected chi connectivity index (χ2v) is 11.0. The molecule has 1 aromatic heterocycles. The van der Waals surface area contributed by atoms with Gasteiger partial charge in [-0.15, -0.1) is 11.8 Å². The zero-order valence-electron chi connectivity index (χ0n) is 21.7. The van der Waals surface area contributed by atoms with E-state index >= 15 is 0 Å². The van der Waals surface area contributed by atoms with E-state index in [9.17, 15) is 27.9 Å². The Kier molecular flexibility index (Phi) is 9.60. The lowest BCUT2D eigenvalue weighted by atomic mass is 9.98. The number of nitrogens with zero attached hydrogens (tertiary/aromatic N) is 1. The number of benzene rings is 3. The fourth-order valence-corrected chi connectivity index (χ4v) is 5.58. The largest absolute Gasteiger partial charge is 0.507 e. The number of fused-ring (bicyclic) bond motifs is 1. The van der Waals surface area contributed by atoms with Gasteiger partial charge in [-0.2, -0.15) is 13.2 Å². The van der Waals surface area contributed by atoms with Crippen molar-refractivity contribution in [3.63, 3.8) is 0 Å². The number of nitrogens with one attached hydrogen (secondary N) is 1. The fourth-order valence-electron chi connectivity index (χ4n) is 4.41. The molecule has 210 valence electrons. The molecule has 10 heteroatoms. The molecule has 0 fully saturated rings. The van der Waals surface area contributed by atoms with E-state index in [4.69, 9.17) is 11.6 Å². The molecule has 0 atom stereocenters. The van der Waals surface area contributed by atoms with Crippen LogP contribution in [-0.2, 0) is 17.4 Å². The number of Topliss-reactive ketones (excluding diaryl/α,β-unsaturated/α-hetero) is 1. The first-order valence-electron chi connectivity index (χ1n) is 12.7. The number of carbonyl (C=O) groups excluding carboxylic acids is 1. The number of ketones is 1. The van der Waals surface area contributed by atoms with Gasteiger partial charge >= 0.3 is 6.18 Å². The highest BCUT2D eigenvalue weighted by atomic mass is 35.5. The monoisotopic (exact) mass is 588 g/mol. The van der Waals surface area contributed by atoms with E-state index < -0.39 is 17.3 Å². The second-order valence-electron chi connectivity index (χ2n) is 9.55. The molecule has 0 aliphatic carbocycles. The molecule has 0 unspecified atom stereocenters. The van der Waals surface area contributed by atoms with Crippen molar-refractivity contribution >= 4 is 40.0 Å². The van der Waals surface area contributed by atoms with Gasteiger partial charge in [0.05, 0.1) is 16.2 Å². The van der Waals surface area contributed by atoms with Crippen LogP contribution in [0.4, 0.5) is 13.2 Å². The van der Waals surface area contributed by atoms with Crippen LogP contribution in [0.3, 0.4) is 0 Å². The molecule has 0 aliphatic rings. The summed E-state index contributed by atoms with van der Waals surface area (Å²) in [5.74, 6) is -0.387. The van der Waals surface area contributed by atoms with Crippen LogP contribution in [0, 0.1) is 0 Å². The molecule has 1 heterocycles. The Morgan fingerprint density at radius 1 is 1.05 bits per heavy atom. The minimum Gasteiger partial charge on any atom is -0.507 e. The average molecular weight is 589 g/mol. The van der Waals surface area contributed by atoms with Crippen LogP contribution >= 0.6 is 23.4 Å². The van der Waals surface area contributed by atoms with E-state index in [1.165, 1.54) is 29.8 Å². The molecular weight excluding hydrogens is 561 g/mol. The van der Waals surface area contributed by atoms with Gasteiger partial charge in [0.1, 0.15) is 11.5 Å². The molecule has 4 rings (SSSR count). The molecular formula is C30H28ClF3N2O3S. The van der Waals surface area contributed by atoms with Crippen molar-refractivity contribution in [1.29, 1.82) is 0 Å². The van der Waals surface area contributed by atoms with Crippen LogP contribution in [0.1, 0.15) is 24.0 Å². The first kappa shape index (κ1) is 29.7. The first-order valence-corrected chi connectivity index (χ1v) is 14.0. The quantitative estimate of drug-likeness (QED) is 0.181. The van der Waals surface area contributed by atoms with Crippen molar-refractivity contribution < 1.29 is 23.1 Å². The number of aromatic nitrogens is 1. The van der Waals surface area contributed by atoms with Crippen LogP contribution in [0.25, 0.3) is 22.0 Å². The standard InChI is InChI=1S/C30H28ClF3N2O3S/c1-36(15-13-19-6-3-2-4-7-19)14-5-8-22(37)18-40-28-27(24-17-21(31)10-12-26(24)38)23-16-20(30(32,33)34)9-11-25(23)35-29(28)39/h2-4,6-7,9-12,16-17,38H,5,8,13-15,18H2,1H3,(H,35,39). The van der Waals surface area contributed by atoms with Gasteiger partial charge in [0, 0.05) is 40.0 Å². The third kappa shape index (κ3) is 7.47. The summed E-state index contributed by atoms with van der Waals surface area (Å²) in [5, 5.41) is 10.9. The number of hydrogen-bond donors (Lipinski definition) is 2. The molecule has 0 amide bonds. The first-order chi connectivity index (χ1) is 19.0. The van der Waals surface area contributed by atoms with Crippen molar-refractivity contribution in [2.45, 2.75) is 30.3 Å². The second kappa shape index (κ2) is 12.9. The van der Waals surface area contributed by atoms with Gasteiger partial charge in [-0.05, 0) is 68.4 Å². The van der Waals surface area contributed by atoms with Crippen molar-refractivity contribution in [3.05, 3.63) is 93.2 Å². The predicted octanol–water partition coefficient (Wildman–Crippen LogP) is 7.19. The minimum atomic E-state index is -4.62. The summed E-state index contributed by atoms with van der Waals surface area (Å²) in [7, 11) is 2.00. The Balaban J connectivity index is 1.52. The molecule has 3 aromatic carbocycles. The topological polar surface area (TPSA) is 73.4 Å². The number of H-pyrrole nitrogens is 1. The number of halogens is 4. The molecule has 2 N–H and O–H groups in total. The normalized spacial score (nSPS) is 11.8. The van der Waals surface area contributed by atoms with Crippen LogP contribution in [0.15, 0.2) is 76.4 Å². The average Bonchev–Trinajstić information content (AvgIpc) is 2.91. The van der Waals surface area contributed by atoms with E-state index in [0.717, 1.165) is 43.4 Å². The zero-order chi connectivity index (χ0) is 28.9. The summed E-state index contributed by atoms with van der Waals surface area (Å²) in [4.78, 5) is 30.6. The molecule has 4 aromatic rings. The third-order valence-electron chi connectivity index (χ3n) is 6.52. The van der Waals surface area contributed by atoms with Crippen LogP contribution in [0.5, 0.6) is 5.75 Å². The lowest BCUT2D eigenvalue weighted by molar-refractivity contribution is -0.137. The lowest BCUT2D eigenvalue weighted by Gasteiger charge is -2.17. The maximum Gasteiger partial charge on any atom is 0.416 e. The molecule has 0 saturated carbocycles.